The highest BCUT2D eigenvalue weighted by molar-refractivity contribution is 6.33. The van der Waals surface area contributed by atoms with Gasteiger partial charge in [-0.25, -0.2) is 0 Å². The quantitative estimate of drug-likeness (QED) is 0.577. The summed E-state index contributed by atoms with van der Waals surface area (Å²) in [7, 11) is 0. The van der Waals surface area contributed by atoms with Crippen LogP contribution in [0.4, 0.5) is 11.4 Å². The molecule has 0 heterocycles. The molecule has 0 spiro atoms. The van der Waals surface area contributed by atoms with Gasteiger partial charge in [-0.15, -0.1) is 0 Å². The number of benzene rings is 2. The molecule has 2 aromatic carbocycles. The van der Waals surface area contributed by atoms with E-state index in [1.165, 1.54) is 0 Å². The van der Waals surface area contributed by atoms with Gasteiger partial charge in [-0.05, 0) is 30.3 Å². The van der Waals surface area contributed by atoms with Crippen LogP contribution in [0.25, 0.3) is 0 Å². The predicted molar refractivity (Wildman–Crippen MR) is 71.3 cm³/mol. The highest BCUT2D eigenvalue weighted by Crippen LogP contribution is 2.24. The van der Waals surface area contributed by atoms with Crippen molar-refractivity contribution in [1.29, 1.82) is 0 Å². The summed E-state index contributed by atoms with van der Waals surface area (Å²) in [6.45, 7) is 0.473. The molecule has 0 bridgehead atoms. The lowest BCUT2D eigenvalue weighted by Gasteiger charge is -2.10. The van der Waals surface area contributed by atoms with Crippen molar-refractivity contribution in [3.05, 3.63) is 53.1 Å². The monoisotopic (exact) mass is 248 g/mol. The maximum Gasteiger partial charge on any atom is 0.120 e. The van der Waals surface area contributed by atoms with Gasteiger partial charge in [-0.3, -0.25) is 0 Å². The molecular weight excluding hydrogens is 236 g/mol. The van der Waals surface area contributed by atoms with E-state index in [-0.39, 0.29) is 5.75 Å². The third-order valence-electron chi connectivity index (χ3n) is 2.45. The minimum atomic E-state index is 0.221. The number of nitrogen functional groups attached to an aromatic ring is 1. The van der Waals surface area contributed by atoms with Gasteiger partial charge in [0.1, 0.15) is 5.75 Å². The van der Waals surface area contributed by atoms with Crippen LogP contribution in [-0.2, 0) is 6.54 Å². The second-order valence-electron chi connectivity index (χ2n) is 3.72. The molecule has 3 nitrogen and oxygen atoms in total. The van der Waals surface area contributed by atoms with Crippen molar-refractivity contribution in [1.82, 2.24) is 0 Å². The van der Waals surface area contributed by atoms with Crippen molar-refractivity contribution in [2.24, 2.45) is 0 Å². The number of halogens is 1. The SMILES string of the molecule is Nc1ccc(O)c(CNc2ccccc2Cl)c1. The zero-order valence-electron chi connectivity index (χ0n) is 9.15. The van der Waals surface area contributed by atoms with Gasteiger partial charge < -0.3 is 16.2 Å². The number of aromatic hydroxyl groups is 1. The van der Waals surface area contributed by atoms with E-state index >= 15 is 0 Å². The molecule has 0 radical (unpaired) electrons. The largest absolute Gasteiger partial charge is 0.508 e. The summed E-state index contributed by atoms with van der Waals surface area (Å²) in [5, 5.41) is 13.5. The maximum absolute atomic E-state index is 9.65. The van der Waals surface area contributed by atoms with Gasteiger partial charge in [0, 0.05) is 17.8 Å². The average Bonchev–Trinajstić information content (AvgIpc) is 2.32. The number of hydrogen-bond donors (Lipinski definition) is 3. The van der Waals surface area contributed by atoms with Gasteiger partial charge in [-0.1, -0.05) is 23.7 Å². The fourth-order valence-electron chi connectivity index (χ4n) is 1.54. The number of nitrogens with one attached hydrogen (secondary N) is 1. The van der Waals surface area contributed by atoms with Crippen molar-refractivity contribution >= 4 is 23.0 Å². The topological polar surface area (TPSA) is 58.3 Å². The summed E-state index contributed by atoms with van der Waals surface area (Å²) in [5.74, 6) is 0.221. The zero-order chi connectivity index (χ0) is 12.3. The van der Waals surface area contributed by atoms with E-state index in [1.54, 1.807) is 18.2 Å². The molecule has 0 saturated carbocycles. The number of phenols is 1. The second-order valence-corrected chi connectivity index (χ2v) is 4.13. The lowest BCUT2D eigenvalue weighted by molar-refractivity contribution is 0.469. The predicted octanol–water partition coefficient (Wildman–Crippen LogP) is 3.24. The molecule has 0 unspecified atom stereocenters. The van der Waals surface area contributed by atoms with Gasteiger partial charge in [0.25, 0.3) is 0 Å². The smallest absolute Gasteiger partial charge is 0.120 e. The van der Waals surface area contributed by atoms with Crippen LogP contribution in [-0.4, -0.2) is 5.11 Å². The molecule has 4 N–H and O–H groups in total. The first-order valence-electron chi connectivity index (χ1n) is 5.22. The molecule has 17 heavy (non-hydrogen) atoms. The van der Waals surface area contributed by atoms with Crippen molar-refractivity contribution in [2.45, 2.75) is 6.54 Å². The van der Waals surface area contributed by atoms with Crippen LogP contribution in [0.2, 0.25) is 5.02 Å². The minimum Gasteiger partial charge on any atom is -0.508 e. The van der Waals surface area contributed by atoms with E-state index in [0.29, 0.717) is 17.3 Å². The Labute approximate surface area is 105 Å². The van der Waals surface area contributed by atoms with Crippen LogP contribution in [0.5, 0.6) is 5.75 Å². The third kappa shape index (κ3) is 2.82. The highest BCUT2D eigenvalue weighted by Gasteiger charge is 2.03. The first-order valence-corrected chi connectivity index (χ1v) is 5.60. The minimum absolute atomic E-state index is 0.221. The molecular formula is C13H13ClN2O. The van der Waals surface area contributed by atoms with Crippen molar-refractivity contribution in [3.63, 3.8) is 0 Å². The Morgan fingerprint density at radius 3 is 2.71 bits per heavy atom. The van der Waals surface area contributed by atoms with Crippen LogP contribution in [0, 0.1) is 0 Å². The Morgan fingerprint density at radius 1 is 1.18 bits per heavy atom. The molecule has 2 rings (SSSR count). The highest BCUT2D eigenvalue weighted by atomic mass is 35.5. The van der Waals surface area contributed by atoms with Crippen molar-refractivity contribution < 1.29 is 5.11 Å². The lowest BCUT2D eigenvalue weighted by atomic mass is 10.1. The van der Waals surface area contributed by atoms with Crippen LogP contribution in [0.15, 0.2) is 42.5 Å². The molecule has 2 aromatic rings. The molecule has 0 aromatic heterocycles. The number of nitrogens with two attached hydrogens (primary N) is 1. The van der Waals surface area contributed by atoms with E-state index in [0.717, 1.165) is 11.3 Å². The molecule has 0 amide bonds. The molecule has 0 aliphatic heterocycles. The summed E-state index contributed by atoms with van der Waals surface area (Å²) in [6.07, 6.45) is 0. The number of phenolic OH excluding ortho intramolecular Hbond substituents is 1. The molecule has 88 valence electrons. The number of anilines is 2. The first kappa shape index (κ1) is 11.6. The van der Waals surface area contributed by atoms with Gasteiger partial charge in [0.15, 0.2) is 0 Å². The van der Waals surface area contributed by atoms with Crippen LogP contribution < -0.4 is 11.1 Å². The van der Waals surface area contributed by atoms with E-state index in [1.807, 2.05) is 24.3 Å². The normalized spacial score (nSPS) is 10.2. The molecule has 4 heteroatoms. The number of para-hydroxylation sites is 1. The van der Waals surface area contributed by atoms with E-state index < -0.39 is 0 Å². The van der Waals surface area contributed by atoms with Gasteiger partial charge in [-0.2, -0.15) is 0 Å². The Kier molecular flexibility index (Phi) is 3.40. The molecule has 0 saturated heterocycles. The first-order chi connectivity index (χ1) is 8.16. The van der Waals surface area contributed by atoms with Crippen LogP contribution in [0.1, 0.15) is 5.56 Å². The summed E-state index contributed by atoms with van der Waals surface area (Å²) in [5.41, 5.74) is 7.86. The molecule has 0 aliphatic rings. The summed E-state index contributed by atoms with van der Waals surface area (Å²) in [6, 6.07) is 12.4. The van der Waals surface area contributed by atoms with Gasteiger partial charge in [0.2, 0.25) is 0 Å². The van der Waals surface area contributed by atoms with Crippen molar-refractivity contribution in [2.75, 3.05) is 11.1 Å². The summed E-state index contributed by atoms with van der Waals surface area (Å²) in [4.78, 5) is 0. The Bertz CT molecular complexity index is 529. The van der Waals surface area contributed by atoms with Crippen molar-refractivity contribution in [3.8, 4) is 5.75 Å². The van der Waals surface area contributed by atoms with E-state index in [9.17, 15) is 5.11 Å². The third-order valence-corrected chi connectivity index (χ3v) is 2.78. The fraction of sp³-hybridized carbons (Fsp3) is 0.0769. The Morgan fingerprint density at radius 2 is 1.94 bits per heavy atom. The summed E-state index contributed by atoms with van der Waals surface area (Å²) >= 11 is 6.01. The fourth-order valence-corrected chi connectivity index (χ4v) is 1.74. The molecule has 0 atom stereocenters. The van der Waals surface area contributed by atoms with E-state index in [2.05, 4.69) is 5.32 Å². The zero-order valence-corrected chi connectivity index (χ0v) is 9.91. The van der Waals surface area contributed by atoms with Gasteiger partial charge >= 0.3 is 0 Å². The number of rotatable bonds is 3. The molecule has 0 fully saturated rings. The number of hydrogen-bond acceptors (Lipinski definition) is 3. The standard InChI is InChI=1S/C13H13ClN2O/c14-11-3-1-2-4-12(11)16-8-9-7-10(15)5-6-13(9)17/h1-7,16-17H,8,15H2. The van der Waals surface area contributed by atoms with Crippen LogP contribution >= 0.6 is 11.6 Å². The van der Waals surface area contributed by atoms with E-state index in [4.69, 9.17) is 17.3 Å². The Hall–Kier alpha value is -1.87. The Balaban J connectivity index is 2.12. The maximum atomic E-state index is 9.65. The molecule has 0 aliphatic carbocycles. The van der Waals surface area contributed by atoms with Crippen LogP contribution in [0.3, 0.4) is 0 Å². The average molecular weight is 249 g/mol. The summed E-state index contributed by atoms with van der Waals surface area (Å²) < 4.78 is 0. The second kappa shape index (κ2) is 4.97. The van der Waals surface area contributed by atoms with Gasteiger partial charge in [0.05, 0.1) is 10.7 Å². The lowest BCUT2D eigenvalue weighted by Crippen LogP contribution is -2.01.